The number of nitrogens with one attached hydrogen (secondary N) is 1. The van der Waals surface area contributed by atoms with Crippen molar-refractivity contribution in [3.05, 3.63) is 36.4 Å². The average molecular weight is 466 g/mol. The van der Waals surface area contributed by atoms with Crippen LogP contribution in [0.5, 0.6) is 11.6 Å². The zero-order valence-corrected chi connectivity index (χ0v) is 20.5. The molecule has 0 saturated carbocycles. The monoisotopic (exact) mass is 465 g/mol. The summed E-state index contributed by atoms with van der Waals surface area (Å²) in [5.74, 6) is 2.03. The van der Waals surface area contributed by atoms with Crippen molar-refractivity contribution in [1.82, 2.24) is 34.9 Å². The predicted molar refractivity (Wildman–Crippen MR) is 134 cm³/mol. The molecule has 1 aliphatic rings. The number of hydrogen-bond donors (Lipinski definition) is 2. The Morgan fingerprint density at radius 3 is 2.62 bits per heavy atom. The smallest absolute Gasteiger partial charge is 0.263 e. The normalized spacial score (nSPS) is 14.9. The molecule has 0 atom stereocenters. The first-order valence-corrected chi connectivity index (χ1v) is 11.9. The van der Waals surface area contributed by atoms with Gasteiger partial charge in [0.15, 0.2) is 11.6 Å². The molecule has 3 N–H and O–H groups in total. The van der Waals surface area contributed by atoms with Crippen LogP contribution in [0.4, 0.5) is 11.6 Å². The maximum atomic E-state index is 6.12. The lowest BCUT2D eigenvalue weighted by Crippen LogP contribution is -2.31. The van der Waals surface area contributed by atoms with Gasteiger partial charge in [-0.05, 0) is 66.0 Å². The molecule has 4 rings (SSSR count). The van der Waals surface area contributed by atoms with Gasteiger partial charge in [-0.15, -0.1) is 0 Å². The van der Waals surface area contributed by atoms with Gasteiger partial charge in [0.25, 0.3) is 5.88 Å². The summed E-state index contributed by atoms with van der Waals surface area (Å²) in [6.07, 6.45) is 7.44. The van der Waals surface area contributed by atoms with Crippen molar-refractivity contribution in [3.8, 4) is 22.9 Å². The van der Waals surface area contributed by atoms with Crippen LogP contribution in [-0.4, -0.2) is 69.9 Å². The maximum Gasteiger partial charge on any atom is 0.263 e. The van der Waals surface area contributed by atoms with E-state index in [9.17, 15) is 0 Å². The maximum absolute atomic E-state index is 6.12. The van der Waals surface area contributed by atoms with Gasteiger partial charge in [0.05, 0.1) is 36.0 Å². The third-order valence-corrected chi connectivity index (χ3v) is 6.23. The van der Waals surface area contributed by atoms with Gasteiger partial charge >= 0.3 is 0 Å². The lowest BCUT2D eigenvalue weighted by Gasteiger charge is -2.28. The van der Waals surface area contributed by atoms with Gasteiger partial charge in [0.2, 0.25) is 0 Å². The molecule has 0 aromatic carbocycles. The fourth-order valence-electron chi connectivity index (χ4n) is 4.24. The molecule has 1 fully saturated rings. The fraction of sp³-hybridized carbons (Fsp3) is 0.500. The van der Waals surface area contributed by atoms with Crippen LogP contribution in [0, 0.1) is 0 Å². The predicted octanol–water partition coefficient (Wildman–Crippen LogP) is 2.94. The number of pyridine rings is 1. The van der Waals surface area contributed by atoms with Gasteiger partial charge in [0, 0.05) is 25.2 Å². The molecule has 182 valence electrons. The first kappa shape index (κ1) is 23.9. The van der Waals surface area contributed by atoms with E-state index in [0.717, 1.165) is 56.1 Å². The molecule has 0 amide bonds. The Morgan fingerprint density at radius 2 is 1.91 bits per heavy atom. The van der Waals surface area contributed by atoms with Crippen molar-refractivity contribution < 1.29 is 4.74 Å². The summed E-state index contributed by atoms with van der Waals surface area (Å²) < 4.78 is 8.02. The second-order valence-corrected chi connectivity index (χ2v) is 8.65. The second kappa shape index (κ2) is 10.8. The van der Waals surface area contributed by atoms with Gasteiger partial charge in [0.1, 0.15) is 5.82 Å². The van der Waals surface area contributed by atoms with Gasteiger partial charge in [-0.25, -0.2) is 15.0 Å². The van der Waals surface area contributed by atoms with Gasteiger partial charge in [-0.3, -0.25) is 4.68 Å². The van der Waals surface area contributed by atoms with Crippen LogP contribution >= 0.6 is 0 Å². The number of likely N-dealkylation sites (tertiary alicyclic amines) is 1. The van der Waals surface area contributed by atoms with Gasteiger partial charge < -0.3 is 25.6 Å². The zero-order valence-electron chi connectivity index (χ0n) is 20.5. The SMILES string of the molecule is CCN(CC)c1cc(-c2cnc(N)c(Oc3cnn(C4CCN(C)CC4)c3)n2)cc(CNC)n1. The summed E-state index contributed by atoms with van der Waals surface area (Å²) in [6.45, 7) is 8.77. The Bertz CT molecular complexity index is 1090. The molecule has 1 aliphatic heterocycles. The fourth-order valence-corrected chi connectivity index (χ4v) is 4.24. The molecule has 4 heterocycles. The summed E-state index contributed by atoms with van der Waals surface area (Å²) in [7, 11) is 4.06. The Labute approximate surface area is 201 Å². The van der Waals surface area contributed by atoms with Gasteiger partial charge in [-0.2, -0.15) is 5.10 Å². The van der Waals surface area contributed by atoms with E-state index in [4.69, 9.17) is 20.4 Å². The number of aromatic nitrogens is 5. The van der Waals surface area contributed by atoms with E-state index in [1.54, 1.807) is 12.4 Å². The third-order valence-electron chi connectivity index (χ3n) is 6.23. The minimum atomic E-state index is 0.240. The average Bonchev–Trinajstić information content (AvgIpc) is 3.30. The molecule has 3 aromatic heterocycles. The number of anilines is 2. The van der Waals surface area contributed by atoms with Crippen LogP contribution in [-0.2, 0) is 6.54 Å². The molecule has 10 nitrogen and oxygen atoms in total. The van der Waals surface area contributed by atoms with Crippen molar-refractivity contribution in [1.29, 1.82) is 0 Å². The number of hydrogen-bond acceptors (Lipinski definition) is 9. The Balaban J connectivity index is 1.59. The van der Waals surface area contributed by atoms with Gasteiger partial charge in [-0.1, -0.05) is 0 Å². The van der Waals surface area contributed by atoms with E-state index in [2.05, 4.69) is 46.1 Å². The lowest BCUT2D eigenvalue weighted by atomic mass is 10.1. The molecule has 34 heavy (non-hydrogen) atoms. The molecule has 10 heteroatoms. The highest BCUT2D eigenvalue weighted by molar-refractivity contribution is 5.65. The molecule has 1 saturated heterocycles. The van der Waals surface area contributed by atoms with Crippen molar-refractivity contribution in [2.75, 3.05) is 50.9 Å². The van der Waals surface area contributed by atoms with Crippen molar-refractivity contribution in [2.45, 2.75) is 39.3 Å². The minimum Gasteiger partial charge on any atom is -0.433 e. The number of piperidine rings is 1. The minimum absolute atomic E-state index is 0.240. The van der Waals surface area contributed by atoms with E-state index in [1.165, 1.54) is 0 Å². The van der Waals surface area contributed by atoms with E-state index < -0.39 is 0 Å². The van der Waals surface area contributed by atoms with E-state index in [0.29, 0.717) is 24.0 Å². The summed E-state index contributed by atoms with van der Waals surface area (Å²) in [5.41, 5.74) is 8.65. The highest BCUT2D eigenvalue weighted by Gasteiger charge is 2.20. The van der Waals surface area contributed by atoms with Crippen molar-refractivity contribution in [3.63, 3.8) is 0 Å². The Morgan fingerprint density at radius 1 is 1.15 bits per heavy atom. The zero-order chi connectivity index (χ0) is 24.1. The number of nitrogens with zero attached hydrogens (tertiary/aromatic N) is 7. The molecule has 0 radical (unpaired) electrons. The topological polar surface area (TPSA) is 110 Å². The Kier molecular flexibility index (Phi) is 7.59. The number of nitrogen functional groups attached to an aromatic ring is 1. The summed E-state index contributed by atoms with van der Waals surface area (Å²) >= 11 is 0. The lowest BCUT2D eigenvalue weighted by molar-refractivity contribution is 0.212. The molecular formula is C24H35N9O. The number of ether oxygens (including phenoxy) is 1. The number of nitrogens with two attached hydrogens (primary N) is 1. The van der Waals surface area contributed by atoms with E-state index >= 15 is 0 Å². The van der Waals surface area contributed by atoms with E-state index in [1.807, 2.05) is 30.1 Å². The van der Waals surface area contributed by atoms with Crippen LogP contribution in [0.3, 0.4) is 0 Å². The number of rotatable bonds is 9. The summed E-state index contributed by atoms with van der Waals surface area (Å²) in [6, 6.07) is 4.43. The molecular weight excluding hydrogens is 430 g/mol. The van der Waals surface area contributed by atoms with Crippen LogP contribution in [0.15, 0.2) is 30.7 Å². The standard InChI is InChI=1S/C24H35N9O/c1-5-32(6-2)22-12-17(11-18(29-22)13-26-3)21-15-27-23(25)24(30-21)34-20-14-28-33(16-20)19-7-9-31(4)10-8-19/h11-12,14-16,19,26H,5-10,13H2,1-4H3,(H2,25,27). The first-order chi connectivity index (χ1) is 16.5. The van der Waals surface area contributed by atoms with E-state index in [-0.39, 0.29) is 11.7 Å². The first-order valence-electron chi connectivity index (χ1n) is 11.9. The van der Waals surface area contributed by atoms with Crippen LogP contribution in [0.25, 0.3) is 11.3 Å². The quantitative estimate of drug-likeness (QED) is 0.493. The molecule has 0 unspecified atom stereocenters. The van der Waals surface area contributed by atoms with Crippen LogP contribution in [0.2, 0.25) is 0 Å². The highest BCUT2D eigenvalue weighted by Crippen LogP contribution is 2.30. The molecule has 0 spiro atoms. The van der Waals surface area contributed by atoms with Crippen LogP contribution < -0.4 is 20.7 Å². The summed E-state index contributed by atoms with van der Waals surface area (Å²) in [4.78, 5) is 18.4. The Hall–Kier alpha value is -3.24. The largest absolute Gasteiger partial charge is 0.433 e. The second-order valence-electron chi connectivity index (χ2n) is 8.65. The molecule has 0 aliphatic carbocycles. The van der Waals surface area contributed by atoms with Crippen molar-refractivity contribution >= 4 is 11.6 Å². The molecule has 0 bridgehead atoms. The summed E-state index contributed by atoms with van der Waals surface area (Å²) in [5, 5.41) is 7.69. The van der Waals surface area contributed by atoms with Crippen molar-refractivity contribution in [2.24, 2.45) is 0 Å². The highest BCUT2D eigenvalue weighted by atomic mass is 16.5. The third kappa shape index (κ3) is 5.45. The van der Waals surface area contributed by atoms with Crippen LogP contribution in [0.1, 0.15) is 38.4 Å². The molecule has 3 aromatic rings.